The number of carbonyl (C=O) groups is 1. The number of fused-ring (bicyclic) bond motifs is 4. The summed E-state index contributed by atoms with van der Waals surface area (Å²) in [6, 6.07) is 0.537. The maximum atomic E-state index is 12.8. The molecule has 120 valence electrons. The number of amides is 1. The van der Waals surface area contributed by atoms with Gasteiger partial charge in [0.25, 0.3) is 0 Å². The lowest BCUT2D eigenvalue weighted by Crippen LogP contribution is -2.45. The number of ether oxygens (including phenoxy) is 1. The van der Waals surface area contributed by atoms with Crippen LogP contribution < -0.4 is 5.32 Å². The van der Waals surface area contributed by atoms with Gasteiger partial charge in [0.1, 0.15) is 0 Å². The normalized spacial score (nSPS) is 31.4. The van der Waals surface area contributed by atoms with Crippen molar-refractivity contribution < 1.29 is 9.53 Å². The van der Waals surface area contributed by atoms with Gasteiger partial charge in [0, 0.05) is 38.7 Å². The van der Waals surface area contributed by atoms with Crippen LogP contribution in [0.4, 0.5) is 0 Å². The van der Waals surface area contributed by atoms with Crippen LogP contribution in [0.25, 0.3) is 0 Å². The minimum absolute atomic E-state index is 0.251. The third kappa shape index (κ3) is 3.76. The van der Waals surface area contributed by atoms with Crippen molar-refractivity contribution in [2.75, 3.05) is 53.0 Å². The fourth-order valence-electron chi connectivity index (χ4n) is 4.00. The van der Waals surface area contributed by atoms with Gasteiger partial charge in [-0.2, -0.15) is 0 Å². The highest BCUT2D eigenvalue weighted by Crippen LogP contribution is 2.25. The highest BCUT2D eigenvalue weighted by Gasteiger charge is 2.35. The third-order valence-electron chi connectivity index (χ3n) is 5.40. The van der Waals surface area contributed by atoms with E-state index in [1.54, 1.807) is 7.11 Å². The number of hydrogen-bond acceptors (Lipinski definition) is 4. The van der Waals surface area contributed by atoms with Gasteiger partial charge >= 0.3 is 0 Å². The van der Waals surface area contributed by atoms with Gasteiger partial charge in [0.15, 0.2) is 0 Å². The van der Waals surface area contributed by atoms with E-state index in [9.17, 15) is 4.79 Å². The SMILES string of the molecule is COCCN1CCC(C(=O)N2C[C@H]3CC[C@@H](C2)NC3)CC1. The average Bonchev–Trinajstić information content (AvgIpc) is 2.86. The summed E-state index contributed by atoms with van der Waals surface area (Å²) in [7, 11) is 1.75. The summed E-state index contributed by atoms with van der Waals surface area (Å²) in [5.41, 5.74) is 0. The van der Waals surface area contributed by atoms with Crippen molar-refractivity contribution in [2.45, 2.75) is 31.7 Å². The van der Waals surface area contributed by atoms with Crippen LogP contribution in [-0.2, 0) is 9.53 Å². The first kappa shape index (κ1) is 15.3. The fourth-order valence-corrected chi connectivity index (χ4v) is 4.00. The van der Waals surface area contributed by atoms with E-state index < -0.39 is 0 Å². The Labute approximate surface area is 128 Å². The van der Waals surface area contributed by atoms with Gasteiger partial charge in [-0.05, 0) is 51.2 Å². The molecule has 5 heteroatoms. The summed E-state index contributed by atoms with van der Waals surface area (Å²) in [6.45, 7) is 6.88. The molecule has 0 spiro atoms. The van der Waals surface area contributed by atoms with Gasteiger partial charge in [0.2, 0.25) is 5.91 Å². The first-order chi connectivity index (χ1) is 10.3. The van der Waals surface area contributed by atoms with Gasteiger partial charge in [-0.15, -0.1) is 0 Å². The Kier molecular flexibility index (Phi) is 5.14. The Bertz CT molecular complexity index is 333. The smallest absolute Gasteiger partial charge is 0.225 e. The standard InChI is InChI=1S/C16H29N3O2/c1-21-9-8-18-6-4-14(5-7-18)16(20)19-11-13-2-3-15(12-19)17-10-13/h13-15,17H,2-12H2,1H3/t13-,15-/m0/s1. The van der Waals surface area contributed by atoms with Gasteiger partial charge in [-0.25, -0.2) is 0 Å². The summed E-state index contributed by atoms with van der Waals surface area (Å²) in [5, 5.41) is 3.58. The fraction of sp³-hybridized carbons (Fsp3) is 0.938. The lowest BCUT2D eigenvalue weighted by Gasteiger charge is -2.34. The predicted octanol–water partition coefficient (Wildman–Crippen LogP) is 0.555. The van der Waals surface area contributed by atoms with Crippen LogP contribution in [0.2, 0.25) is 0 Å². The number of nitrogens with one attached hydrogen (secondary N) is 1. The molecule has 0 unspecified atom stereocenters. The second kappa shape index (κ2) is 7.07. The molecular formula is C16H29N3O2. The molecule has 1 amide bonds. The molecule has 1 N–H and O–H groups in total. The molecule has 4 aliphatic rings. The zero-order valence-electron chi connectivity index (χ0n) is 13.2. The van der Waals surface area contributed by atoms with E-state index in [2.05, 4.69) is 15.1 Å². The van der Waals surface area contributed by atoms with E-state index >= 15 is 0 Å². The van der Waals surface area contributed by atoms with Crippen molar-refractivity contribution in [1.29, 1.82) is 0 Å². The lowest BCUT2D eigenvalue weighted by atomic mass is 9.94. The molecule has 0 radical (unpaired) electrons. The maximum Gasteiger partial charge on any atom is 0.225 e. The number of nitrogens with zero attached hydrogens (tertiary/aromatic N) is 2. The van der Waals surface area contributed by atoms with Crippen LogP contribution in [0, 0.1) is 11.8 Å². The number of rotatable bonds is 4. The number of methoxy groups -OCH3 is 1. The van der Waals surface area contributed by atoms with Gasteiger partial charge < -0.3 is 19.9 Å². The Morgan fingerprint density at radius 1 is 1.19 bits per heavy atom. The Morgan fingerprint density at radius 3 is 2.67 bits per heavy atom. The zero-order valence-corrected chi connectivity index (χ0v) is 13.2. The molecule has 4 saturated heterocycles. The topological polar surface area (TPSA) is 44.8 Å². The average molecular weight is 295 g/mol. The second-order valence-electron chi connectivity index (χ2n) is 6.90. The third-order valence-corrected chi connectivity index (χ3v) is 5.40. The van der Waals surface area contributed by atoms with E-state index in [-0.39, 0.29) is 5.92 Å². The lowest BCUT2D eigenvalue weighted by molar-refractivity contribution is -0.137. The van der Waals surface area contributed by atoms with Crippen molar-refractivity contribution >= 4 is 5.91 Å². The van der Waals surface area contributed by atoms with Gasteiger partial charge in [0.05, 0.1) is 6.61 Å². The number of hydrogen-bond donors (Lipinski definition) is 1. The molecule has 4 fully saturated rings. The molecule has 4 heterocycles. The first-order valence-electron chi connectivity index (χ1n) is 8.49. The number of likely N-dealkylation sites (tertiary alicyclic amines) is 1. The summed E-state index contributed by atoms with van der Waals surface area (Å²) in [4.78, 5) is 17.4. The Hall–Kier alpha value is -0.650. The van der Waals surface area contributed by atoms with Crippen LogP contribution in [0.5, 0.6) is 0 Å². The molecule has 21 heavy (non-hydrogen) atoms. The molecule has 0 aromatic heterocycles. The van der Waals surface area contributed by atoms with Crippen LogP contribution >= 0.6 is 0 Å². The largest absolute Gasteiger partial charge is 0.383 e. The number of carbonyl (C=O) groups excluding carboxylic acids is 1. The molecule has 0 saturated carbocycles. The molecule has 2 bridgehead atoms. The van der Waals surface area contributed by atoms with Crippen molar-refractivity contribution in [3.63, 3.8) is 0 Å². The van der Waals surface area contributed by atoms with Crippen LogP contribution in [0.15, 0.2) is 0 Å². The highest BCUT2D eigenvalue weighted by molar-refractivity contribution is 5.79. The summed E-state index contributed by atoms with van der Waals surface area (Å²) in [5.74, 6) is 1.35. The predicted molar refractivity (Wildman–Crippen MR) is 82.1 cm³/mol. The van der Waals surface area contributed by atoms with Crippen LogP contribution in [0.1, 0.15) is 25.7 Å². The molecular weight excluding hydrogens is 266 g/mol. The molecule has 0 aliphatic carbocycles. The Morgan fingerprint density at radius 2 is 2.00 bits per heavy atom. The zero-order chi connectivity index (χ0) is 14.7. The summed E-state index contributed by atoms with van der Waals surface area (Å²) >= 11 is 0. The monoisotopic (exact) mass is 295 g/mol. The van der Waals surface area contributed by atoms with E-state index in [1.807, 2.05) is 0 Å². The molecule has 5 nitrogen and oxygen atoms in total. The summed E-state index contributed by atoms with van der Waals surface area (Å²) < 4.78 is 5.13. The molecule has 0 aromatic rings. The van der Waals surface area contributed by atoms with Crippen LogP contribution in [0.3, 0.4) is 0 Å². The van der Waals surface area contributed by atoms with Gasteiger partial charge in [-0.3, -0.25) is 4.79 Å². The van der Waals surface area contributed by atoms with E-state index in [1.165, 1.54) is 12.8 Å². The van der Waals surface area contributed by atoms with Crippen molar-refractivity contribution in [3.8, 4) is 0 Å². The molecule has 0 aromatic carbocycles. The van der Waals surface area contributed by atoms with Crippen molar-refractivity contribution in [2.24, 2.45) is 11.8 Å². The first-order valence-corrected chi connectivity index (χ1v) is 8.49. The molecule has 4 rings (SSSR count). The minimum atomic E-state index is 0.251. The highest BCUT2D eigenvalue weighted by atomic mass is 16.5. The van der Waals surface area contributed by atoms with E-state index in [0.29, 0.717) is 17.9 Å². The molecule has 2 atom stereocenters. The van der Waals surface area contributed by atoms with Crippen molar-refractivity contribution in [3.05, 3.63) is 0 Å². The van der Waals surface area contributed by atoms with Gasteiger partial charge in [-0.1, -0.05) is 0 Å². The molecule has 4 aliphatic heterocycles. The maximum absolute atomic E-state index is 12.8. The van der Waals surface area contributed by atoms with Crippen molar-refractivity contribution in [1.82, 2.24) is 15.1 Å². The van der Waals surface area contributed by atoms with Crippen LogP contribution in [-0.4, -0.2) is 74.7 Å². The second-order valence-corrected chi connectivity index (χ2v) is 6.90. The Balaban J connectivity index is 1.50. The quantitative estimate of drug-likeness (QED) is 0.823. The number of piperidine rings is 2. The summed E-state index contributed by atoms with van der Waals surface area (Å²) in [6.07, 6.45) is 4.56. The van der Waals surface area contributed by atoms with E-state index in [4.69, 9.17) is 4.74 Å². The van der Waals surface area contributed by atoms with E-state index in [0.717, 1.165) is 58.7 Å². The minimum Gasteiger partial charge on any atom is -0.383 e.